The predicted molar refractivity (Wildman–Crippen MR) is 80.3 cm³/mol. The fourth-order valence-electron chi connectivity index (χ4n) is 3.72. The van der Waals surface area contributed by atoms with E-state index in [1.807, 2.05) is 0 Å². The molecule has 0 radical (unpaired) electrons. The predicted octanol–water partition coefficient (Wildman–Crippen LogP) is 2.22. The summed E-state index contributed by atoms with van der Waals surface area (Å²) >= 11 is 0. The van der Waals surface area contributed by atoms with Crippen LogP contribution in [-0.4, -0.2) is 31.7 Å². The Bertz CT molecular complexity index is 312. The largest absolute Gasteiger partial charge is 0.378 e. The average molecular weight is 282 g/mol. The second kappa shape index (κ2) is 7.41. The number of carbonyl (C=O) groups excluding carboxylic acids is 1. The highest BCUT2D eigenvalue weighted by molar-refractivity contribution is 5.82. The Morgan fingerprint density at radius 3 is 2.60 bits per heavy atom. The van der Waals surface area contributed by atoms with Gasteiger partial charge in [0.25, 0.3) is 0 Å². The molecular formula is C16H30N2O2. The third kappa shape index (κ3) is 3.53. The van der Waals surface area contributed by atoms with Gasteiger partial charge < -0.3 is 15.8 Å². The number of nitrogens with two attached hydrogens (primary N) is 1. The molecule has 0 aromatic heterocycles. The Labute approximate surface area is 122 Å². The lowest BCUT2D eigenvalue weighted by Crippen LogP contribution is -2.47. The lowest BCUT2D eigenvalue weighted by molar-refractivity contribution is -0.131. The van der Waals surface area contributed by atoms with Gasteiger partial charge in [0.05, 0.1) is 11.5 Å². The van der Waals surface area contributed by atoms with E-state index in [4.69, 9.17) is 10.5 Å². The quantitative estimate of drug-likeness (QED) is 0.760. The van der Waals surface area contributed by atoms with Crippen molar-refractivity contribution in [2.45, 2.75) is 64.4 Å². The first-order valence-electron chi connectivity index (χ1n) is 8.32. The van der Waals surface area contributed by atoms with Crippen molar-refractivity contribution in [3.8, 4) is 0 Å². The molecule has 4 nitrogen and oxygen atoms in total. The highest BCUT2D eigenvalue weighted by Gasteiger charge is 2.38. The Morgan fingerprint density at radius 1 is 1.30 bits per heavy atom. The Balaban J connectivity index is 1.88. The minimum atomic E-state index is -0.308. The summed E-state index contributed by atoms with van der Waals surface area (Å²) in [6.07, 6.45) is 9.06. The van der Waals surface area contributed by atoms with Crippen LogP contribution in [0.2, 0.25) is 0 Å². The van der Waals surface area contributed by atoms with Gasteiger partial charge >= 0.3 is 0 Å². The summed E-state index contributed by atoms with van der Waals surface area (Å²) < 4.78 is 5.69. The first-order chi connectivity index (χ1) is 9.72. The molecule has 2 unspecified atom stereocenters. The molecule has 1 saturated heterocycles. The van der Waals surface area contributed by atoms with Crippen LogP contribution < -0.4 is 11.1 Å². The number of hydrogen-bond donors (Lipinski definition) is 2. The number of rotatable bonds is 5. The molecule has 0 aromatic carbocycles. The number of hydrogen-bond acceptors (Lipinski definition) is 3. The van der Waals surface area contributed by atoms with Crippen molar-refractivity contribution in [2.24, 2.45) is 17.1 Å². The lowest BCUT2D eigenvalue weighted by atomic mass is 9.79. The van der Waals surface area contributed by atoms with Crippen molar-refractivity contribution in [1.82, 2.24) is 5.32 Å². The summed E-state index contributed by atoms with van der Waals surface area (Å²) in [5.41, 5.74) is 5.65. The zero-order valence-corrected chi connectivity index (χ0v) is 12.8. The Kier molecular flexibility index (Phi) is 5.85. The zero-order chi connectivity index (χ0) is 14.4. The summed E-state index contributed by atoms with van der Waals surface area (Å²) in [4.78, 5) is 12.6. The van der Waals surface area contributed by atoms with E-state index in [-0.39, 0.29) is 11.3 Å². The molecule has 0 aromatic rings. The molecule has 1 amide bonds. The van der Waals surface area contributed by atoms with Gasteiger partial charge in [-0.25, -0.2) is 0 Å². The van der Waals surface area contributed by atoms with Gasteiger partial charge in [-0.2, -0.15) is 0 Å². The van der Waals surface area contributed by atoms with Crippen LogP contribution in [0, 0.1) is 11.3 Å². The Morgan fingerprint density at radius 2 is 2.00 bits per heavy atom. The molecule has 1 heterocycles. The van der Waals surface area contributed by atoms with Crippen molar-refractivity contribution < 1.29 is 9.53 Å². The van der Waals surface area contributed by atoms with Gasteiger partial charge in [-0.3, -0.25) is 4.79 Å². The molecule has 1 aliphatic heterocycles. The Hall–Kier alpha value is -0.610. The lowest BCUT2D eigenvalue weighted by Gasteiger charge is -2.30. The standard InChI is InChI=1S/C16H30N2O2/c1-2-14-13(7-10-20-14)11-18-15(19)16(12-17)8-5-3-4-6-9-16/h13-14H,2-12,17H2,1H3,(H,18,19). The number of amides is 1. The van der Waals surface area contributed by atoms with Crippen molar-refractivity contribution in [1.29, 1.82) is 0 Å². The van der Waals surface area contributed by atoms with Crippen LogP contribution in [0.4, 0.5) is 0 Å². The van der Waals surface area contributed by atoms with Crippen LogP contribution in [0.25, 0.3) is 0 Å². The fraction of sp³-hybridized carbons (Fsp3) is 0.938. The molecule has 2 fully saturated rings. The molecule has 3 N–H and O–H groups in total. The fourth-order valence-corrected chi connectivity index (χ4v) is 3.72. The van der Waals surface area contributed by atoms with Crippen molar-refractivity contribution >= 4 is 5.91 Å². The second-order valence-corrected chi connectivity index (χ2v) is 6.47. The maximum absolute atomic E-state index is 12.6. The molecule has 20 heavy (non-hydrogen) atoms. The van der Waals surface area contributed by atoms with Gasteiger partial charge in [-0.15, -0.1) is 0 Å². The maximum atomic E-state index is 12.6. The van der Waals surface area contributed by atoms with Crippen molar-refractivity contribution in [3.63, 3.8) is 0 Å². The van der Waals surface area contributed by atoms with Crippen LogP contribution in [0.1, 0.15) is 58.3 Å². The number of carbonyl (C=O) groups is 1. The zero-order valence-electron chi connectivity index (χ0n) is 12.8. The molecule has 2 rings (SSSR count). The van der Waals surface area contributed by atoms with Crippen LogP contribution in [0.5, 0.6) is 0 Å². The molecule has 0 bridgehead atoms. The second-order valence-electron chi connectivity index (χ2n) is 6.47. The van der Waals surface area contributed by atoms with E-state index in [0.717, 1.165) is 51.7 Å². The summed E-state index contributed by atoms with van der Waals surface area (Å²) in [7, 11) is 0. The van der Waals surface area contributed by atoms with Gasteiger partial charge in [0.1, 0.15) is 0 Å². The van der Waals surface area contributed by atoms with Gasteiger partial charge in [0, 0.05) is 25.6 Å². The van der Waals surface area contributed by atoms with Crippen molar-refractivity contribution in [3.05, 3.63) is 0 Å². The highest BCUT2D eigenvalue weighted by atomic mass is 16.5. The average Bonchev–Trinajstić information content (AvgIpc) is 2.79. The normalized spacial score (nSPS) is 29.9. The van der Waals surface area contributed by atoms with E-state index in [9.17, 15) is 4.79 Å². The van der Waals surface area contributed by atoms with E-state index < -0.39 is 0 Å². The molecule has 2 aliphatic rings. The highest BCUT2D eigenvalue weighted by Crippen LogP contribution is 2.34. The molecule has 2 atom stereocenters. The molecular weight excluding hydrogens is 252 g/mol. The van der Waals surface area contributed by atoms with Crippen LogP contribution in [0.15, 0.2) is 0 Å². The van der Waals surface area contributed by atoms with Gasteiger partial charge in [-0.05, 0) is 25.7 Å². The third-order valence-corrected chi connectivity index (χ3v) is 5.21. The topological polar surface area (TPSA) is 64.3 Å². The summed E-state index contributed by atoms with van der Waals surface area (Å²) in [5, 5.41) is 3.18. The van der Waals surface area contributed by atoms with Gasteiger partial charge in [-0.1, -0.05) is 32.6 Å². The first-order valence-corrected chi connectivity index (χ1v) is 8.32. The molecule has 116 valence electrons. The summed E-state index contributed by atoms with van der Waals surface area (Å²) in [6.45, 7) is 4.22. The van der Waals surface area contributed by atoms with Crippen molar-refractivity contribution in [2.75, 3.05) is 19.7 Å². The maximum Gasteiger partial charge on any atom is 0.227 e. The smallest absolute Gasteiger partial charge is 0.227 e. The number of nitrogens with one attached hydrogen (secondary N) is 1. The molecule has 4 heteroatoms. The minimum absolute atomic E-state index is 0.184. The van der Waals surface area contributed by atoms with E-state index in [0.29, 0.717) is 18.6 Å². The van der Waals surface area contributed by atoms with E-state index in [2.05, 4.69) is 12.2 Å². The van der Waals surface area contributed by atoms with Crippen LogP contribution >= 0.6 is 0 Å². The SMILES string of the molecule is CCC1OCCC1CNC(=O)C1(CN)CCCCCC1. The minimum Gasteiger partial charge on any atom is -0.378 e. The van der Waals surface area contributed by atoms with E-state index in [1.54, 1.807) is 0 Å². The van der Waals surface area contributed by atoms with Crippen LogP contribution in [0.3, 0.4) is 0 Å². The van der Waals surface area contributed by atoms with Gasteiger partial charge in [0.15, 0.2) is 0 Å². The number of ether oxygens (including phenoxy) is 1. The van der Waals surface area contributed by atoms with Crippen LogP contribution in [-0.2, 0) is 9.53 Å². The summed E-state index contributed by atoms with van der Waals surface area (Å²) in [6, 6.07) is 0. The molecule has 1 saturated carbocycles. The first kappa shape index (κ1) is 15.8. The molecule has 0 spiro atoms. The van der Waals surface area contributed by atoms with E-state index >= 15 is 0 Å². The molecule has 1 aliphatic carbocycles. The monoisotopic (exact) mass is 282 g/mol. The van der Waals surface area contributed by atoms with Gasteiger partial charge in [0.2, 0.25) is 5.91 Å². The van der Waals surface area contributed by atoms with E-state index in [1.165, 1.54) is 12.8 Å². The summed E-state index contributed by atoms with van der Waals surface area (Å²) in [5.74, 6) is 0.660. The third-order valence-electron chi connectivity index (χ3n) is 5.21.